The van der Waals surface area contributed by atoms with Crippen molar-refractivity contribution >= 4 is 17.3 Å². The number of fused-ring (bicyclic) bond motifs is 1. The first-order chi connectivity index (χ1) is 9.06. The number of amidine groups is 1. The van der Waals surface area contributed by atoms with Crippen LogP contribution in [-0.2, 0) is 0 Å². The van der Waals surface area contributed by atoms with E-state index in [4.69, 9.17) is 10.9 Å². The molecule has 0 aliphatic heterocycles. The molecular formula is C12H15N5O2. The molecule has 7 nitrogen and oxygen atoms in total. The molecule has 0 bridgehead atoms. The highest BCUT2D eigenvalue weighted by Gasteiger charge is 2.23. The standard InChI is InChI=1S/C12H15N5O2/c1-8(11(13)15-19)16(2)12(18)9-7-14-17-6-4-3-5-10(9)17/h3-8,19H,1-2H3,(H2,13,15). The number of hydrogen-bond donors (Lipinski definition) is 2. The molecule has 0 spiro atoms. The summed E-state index contributed by atoms with van der Waals surface area (Å²) in [6.07, 6.45) is 3.27. The highest BCUT2D eigenvalue weighted by Crippen LogP contribution is 2.13. The van der Waals surface area contributed by atoms with Crippen LogP contribution in [0.4, 0.5) is 0 Å². The molecule has 0 saturated heterocycles. The highest BCUT2D eigenvalue weighted by molar-refractivity contribution is 6.02. The minimum absolute atomic E-state index is 0.0210. The summed E-state index contributed by atoms with van der Waals surface area (Å²) < 4.78 is 1.62. The molecular weight excluding hydrogens is 246 g/mol. The van der Waals surface area contributed by atoms with Crippen LogP contribution in [-0.4, -0.2) is 44.6 Å². The van der Waals surface area contributed by atoms with Gasteiger partial charge in [0.25, 0.3) is 5.91 Å². The Morgan fingerprint density at radius 3 is 3.00 bits per heavy atom. The third-order valence-corrected chi connectivity index (χ3v) is 3.10. The molecule has 3 N–H and O–H groups in total. The quantitative estimate of drug-likeness (QED) is 0.365. The summed E-state index contributed by atoms with van der Waals surface area (Å²) in [5.74, 6) is -0.257. The Morgan fingerprint density at radius 1 is 1.58 bits per heavy atom. The van der Waals surface area contributed by atoms with E-state index >= 15 is 0 Å². The van der Waals surface area contributed by atoms with E-state index in [0.717, 1.165) is 0 Å². The molecule has 7 heteroatoms. The van der Waals surface area contributed by atoms with Crippen LogP contribution < -0.4 is 5.73 Å². The monoisotopic (exact) mass is 261 g/mol. The molecule has 1 amide bonds. The van der Waals surface area contributed by atoms with Crippen LogP contribution in [0.15, 0.2) is 35.7 Å². The summed E-state index contributed by atoms with van der Waals surface area (Å²) >= 11 is 0. The topological polar surface area (TPSA) is 96.2 Å². The molecule has 100 valence electrons. The maximum absolute atomic E-state index is 12.4. The number of likely N-dealkylation sites (N-methyl/N-ethyl adjacent to an activating group) is 1. The molecule has 0 aliphatic rings. The SMILES string of the molecule is CC(/C(N)=N/O)N(C)C(=O)c1cnn2ccccc12. The average Bonchev–Trinajstić information content (AvgIpc) is 2.87. The first kappa shape index (κ1) is 12.9. The molecule has 1 unspecified atom stereocenters. The van der Waals surface area contributed by atoms with Gasteiger partial charge < -0.3 is 15.8 Å². The molecule has 0 saturated carbocycles. The van der Waals surface area contributed by atoms with Crippen LogP contribution in [0.3, 0.4) is 0 Å². The van der Waals surface area contributed by atoms with Gasteiger partial charge in [-0.25, -0.2) is 4.52 Å². The fourth-order valence-electron chi connectivity index (χ4n) is 1.75. The van der Waals surface area contributed by atoms with Gasteiger partial charge in [-0.15, -0.1) is 0 Å². The van der Waals surface area contributed by atoms with Crippen LogP contribution in [0, 0.1) is 0 Å². The Kier molecular flexibility index (Phi) is 3.37. The van der Waals surface area contributed by atoms with E-state index < -0.39 is 6.04 Å². The zero-order valence-corrected chi connectivity index (χ0v) is 10.7. The molecule has 2 rings (SSSR count). The summed E-state index contributed by atoms with van der Waals surface area (Å²) in [5.41, 5.74) is 6.69. The Morgan fingerprint density at radius 2 is 2.32 bits per heavy atom. The number of amides is 1. The Labute approximate surface area is 109 Å². The Bertz CT molecular complexity index is 634. The van der Waals surface area contributed by atoms with E-state index in [2.05, 4.69) is 10.3 Å². The maximum Gasteiger partial charge on any atom is 0.258 e. The average molecular weight is 261 g/mol. The molecule has 0 fully saturated rings. The maximum atomic E-state index is 12.4. The van der Waals surface area contributed by atoms with Crippen molar-refractivity contribution in [3.8, 4) is 0 Å². The normalized spacial score (nSPS) is 13.5. The lowest BCUT2D eigenvalue weighted by Gasteiger charge is -2.23. The predicted molar refractivity (Wildman–Crippen MR) is 70.2 cm³/mol. The predicted octanol–water partition coefficient (Wildman–Crippen LogP) is 0.541. The van der Waals surface area contributed by atoms with Gasteiger partial charge in [0, 0.05) is 13.2 Å². The van der Waals surface area contributed by atoms with Crippen molar-refractivity contribution in [2.45, 2.75) is 13.0 Å². The van der Waals surface area contributed by atoms with Gasteiger partial charge in [-0.1, -0.05) is 11.2 Å². The van der Waals surface area contributed by atoms with Crippen LogP contribution in [0.2, 0.25) is 0 Å². The number of hydrogen-bond acceptors (Lipinski definition) is 4. The van der Waals surface area contributed by atoms with Gasteiger partial charge in [-0.3, -0.25) is 4.79 Å². The minimum Gasteiger partial charge on any atom is -0.409 e. The second kappa shape index (κ2) is 4.97. The van der Waals surface area contributed by atoms with E-state index in [9.17, 15) is 4.79 Å². The summed E-state index contributed by atoms with van der Waals surface area (Å²) in [6, 6.07) is 4.97. The second-order valence-electron chi connectivity index (χ2n) is 4.21. The van der Waals surface area contributed by atoms with Gasteiger partial charge in [-0.2, -0.15) is 5.10 Å². The molecule has 2 heterocycles. The van der Waals surface area contributed by atoms with Gasteiger partial charge in [-0.05, 0) is 19.1 Å². The number of aromatic nitrogens is 2. The lowest BCUT2D eigenvalue weighted by atomic mass is 10.2. The van der Waals surface area contributed by atoms with Crippen LogP contribution in [0.1, 0.15) is 17.3 Å². The van der Waals surface area contributed by atoms with Gasteiger partial charge in [0.2, 0.25) is 0 Å². The second-order valence-corrected chi connectivity index (χ2v) is 4.21. The van der Waals surface area contributed by atoms with Crippen molar-refractivity contribution < 1.29 is 10.0 Å². The van der Waals surface area contributed by atoms with Gasteiger partial charge >= 0.3 is 0 Å². The number of rotatable bonds is 3. The summed E-state index contributed by atoms with van der Waals surface area (Å²) in [7, 11) is 1.59. The number of carbonyl (C=O) groups excluding carboxylic acids is 1. The lowest BCUT2D eigenvalue weighted by molar-refractivity contribution is 0.0778. The van der Waals surface area contributed by atoms with E-state index in [-0.39, 0.29) is 11.7 Å². The number of nitrogens with two attached hydrogens (primary N) is 1. The van der Waals surface area contributed by atoms with Crippen LogP contribution in [0.25, 0.3) is 5.52 Å². The van der Waals surface area contributed by atoms with E-state index in [1.54, 1.807) is 24.7 Å². The van der Waals surface area contributed by atoms with Crippen molar-refractivity contribution in [3.05, 3.63) is 36.2 Å². The third-order valence-electron chi connectivity index (χ3n) is 3.10. The van der Waals surface area contributed by atoms with Crippen LogP contribution in [0.5, 0.6) is 0 Å². The lowest BCUT2D eigenvalue weighted by Crippen LogP contribution is -2.43. The summed E-state index contributed by atoms with van der Waals surface area (Å²) in [6.45, 7) is 1.68. The first-order valence-electron chi connectivity index (χ1n) is 5.73. The smallest absolute Gasteiger partial charge is 0.258 e. The third kappa shape index (κ3) is 2.22. The van der Waals surface area contributed by atoms with E-state index in [1.165, 1.54) is 11.1 Å². The number of nitrogens with zero attached hydrogens (tertiary/aromatic N) is 4. The molecule has 0 radical (unpaired) electrons. The van der Waals surface area contributed by atoms with Crippen LogP contribution >= 0.6 is 0 Å². The molecule has 2 aromatic heterocycles. The zero-order valence-electron chi connectivity index (χ0n) is 10.7. The molecule has 0 aromatic carbocycles. The number of carbonyl (C=O) groups is 1. The van der Waals surface area contributed by atoms with E-state index in [1.807, 2.05) is 18.2 Å². The molecule has 0 aliphatic carbocycles. The largest absolute Gasteiger partial charge is 0.409 e. The van der Waals surface area contributed by atoms with Crippen molar-refractivity contribution in [2.75, 3.05) is 7.05 Å². The summed E-state index contributed by atoms with van der Waals surface area (Å²) in [5, 5.41) is 15.7. The van der Waals surface area contributed by atoms with Crippen molar-refractivity contribution in [1.29, 1.82) is 0 Å². The molecule has 19 heavy (non-hydrogen) atoms. The van der Waals surface area contributed by atoms with Gasteiger partial charge in [0.15, 0.2) is 5.84 Å². The fraction of sp³-hybridized carbons (Fsp3) is 0.250. The van der Waals surface area contributed by atoms with Gasteiger partial charge in [0.05, 0.1) is 23.3 Å². The molecule has 1 atom stereocenters. The molecule has 2 aromatic rings. The Balaban J connectivity index is 2.34. The van der Waals surface area contributed by atoms with Crippen molar-refractivity contribution in [3.63, 3.8) is 0 Å². The Hall–Kier alpha value is -2.57. The first-order valence-corrected chi connectivity index (χ1v) is 5.73. The number of oxime groups is 1. The van der Waals surface area contributed by atoms with Crippen molar-refractivity contribution in [2.24, 2.45) is 10.9 Å². The zero-order chi connectivity index (χ0) is 14.0. The highest BCUT2D eigenvalue weighted by atomic mass is 16.4. The summed E-state index contributed by atoms with van der Waals surface area (Å²) in [4.78, 5) is 13.8. The van der Waals surface area contributed by atoms with Crippen molar-refractivity contribution in [1.82, 2.24) is 14.5 Å². The van der Waals surface area contributed by atoms with E-state index in [0.29, 0.717) is 11.1 Å². The fourth-order valence-corrected chi connectivity index (χ4v) is 1.75. The van der Waals surface area contributed by atoms with Gasteiger partial charge in [0.1, 0.15) is 0 Å². The number of pyridine rings is 1. The minimum atomic E-state index is -0.504.